The normalized spacial score (nSPS) is 14.1. The van der Waals surface area contributed by atoms with Crippen molar-refractivity contribution in [1.29, 1.82) is 0 Å². The van der Waals surface area contributed by atoms with Crippen molar-refractivity contribution in [2.24, 2.45) is 5.41 Å². The summed E-state index contributed by atoms with van der Waals surface area (Å²) in [6.07, 6.45) is 0. The molecule has 84 valence electrons. The van der Waals surface area contributed by atoms with Crippen LogP contribution in [0.3, 0.4) is 0 Å². The average molecular weight is 237 g/mol. The molecule has 0 nitrogen and oxygen atoms in total. The van der Waals surface area contributed by atoms with E-state index >= 15 is 0 Å². The van der Waals surface area contributed by atoms with Crippen LogP contribution in [0.15, 0.2) is 12.1 Å². The Morgan fingerprint density at radius 2 is 1.47 bits per heavy atom. The maximum Gasteiger partial charge on any atom is 0.133 e. The van der Waals surface area contributed by atoms with E-state index in [0.717, 1.165) is 0 Å². The fourth-order valence-electron chi connectivity index (χ4n) is 1.23. The van der Waals surface area contributed by atoms with Crippen LogP contribution < -0.4 is 0 Å². The van der Waals surface area contributed by atoms with Crippen molar-refractivity contribution < 1.29 is 13.2 Å². The Kier molecular flexibility index (Phi) is 3.34. The highest BCUT2D eigenvalue weighted by molar-refractivity contribution is 6.21. The molecule has 0 amide bonds. The highest BCUT2D eigenvalue weighted by Crippen LogP contribution is 2.40. The molecule has 0 aliphatic heterocycles. The monoisotopic (exact) mass is 236 g/mol. The van der Waals surface area contributed by atoms with Gasteiger partial charge in [-0.05, 0) is 5.41 Å². The van der Waals surface area contributed by atoms with Crippen LogP contribution in [-0.4, -0.2) is 0 Å². The largest absolute Gasteiger partial charge is 0.207 e. The van der Waals surface area contributed by atoms with Crippen LogP contribution in [0.5, 0.6) is 0 Å². The molecule has 0 aliphatic carbocycles. The van der Waals surface area contributed by atoms with E-state index in [1.165, 1.54) is 0 Å². The fourth-order valence-corrected chi connectivity index (χ4v) is 1.44. The summed E-state index contributed by atoms with van der Waals surface area (Å²) in [5.41, 5.74) is -0.772. The zero-order valence-corrected chi connectivity index (χ0v) is 9.50. The van der Waals surface area contributed by atoms with Crippen LogP contribution in [0.25, 0.3) is 0 Å². The molecule has 1 atom stereocenters. The lowest BCUT2D eigenvalue weighted by Gasteiger charge is -2.26. The third kappa shape index (κ3) is 2.65. The minimum atomic E-state index is -0.942. The lowest BCUT2D eigenvalue weighted by molar-refractivity contribution is 0.374. The molecule has 0 radical (unpaired) electrons. The number of alkyl halides is 1. The second-order valence-electron chi connectivity index (χ2n) is 4.51. The molecule has 0 heterocycles. The van der Waals surface area contributed by atoms with Gasteiger partial charge in [0, 0.05) is 17.7 Å². The van der Waals surface area contributed by atoms with Crippen LogP contribution in [0, 0.1) is 22.9 Å². The molecule has 1 aromatic carbocycles. The van der Waals surface area contributed by atoms with Crippen molar-refractivity contribution >= 4 is 11.6 Å². The molecule has 4 heteroatoms. The summed E-state index contributed by atoms with van der Waals surface area (Å²) in [6, 6.07) is 1.28. The Bertz CT molecular complexity index is 346. The van der Waals surface area contributed by atoms with Gasteiger partial charge in [0.15, 0.2) is 0 Å². The molecule has 0 aromatic heterocycles. The van der Waals surface area contributed by atoms with Gasteiger partial charge in [-0.2, -0.15) is 0 Å². The molecular formula is C11H12ClF3. The molecule has 15 heavy (non-hydrogen) atoms. The third-order valence-electron chi connectivity index (χ3n) is 2.06. The van der Waals surface area contributed by atoms with Crippen LogP contribution in [0.2, 0.25) is 0 Å². The number of hydrogen-bond donors (Lipinski definition) is 0. The fraction of sp³-hybridized carbons (Fsp3) is 0.455. The molecule has 0 fully saturated rings. The first-order chi connectivity index (χ1) is 6.73. The zero-order chi connectivity index (χ0) is 11.8. The highest BCUT2D eigenvalue weighted by atomic mass is 35.5. The van der Waals surface area contributed by atoms with E-state index < -0.39 is 28.2 Å². The van der Waals surface area contributed by atoms with Crippen molar-refractivity contribution in [2.75, 3.05) is 0 Å². The van der Waals surface area contributed by atoms with Crippen LogP contribution in [0.4, 0.5) is 13.2 Å². The van der Waals surface area contributed by atoms with Gasteiger partial charge in [0.25, 0.3) is 0 Å². The van der Waals surface area contributed by atoms with Gasteiger partial charge in [-0.3, -0.25) is 0 Å². The van der Waals surface area contributed by atoms with Crippen molar-refractivity contribution in [1.82, 2.24) is 0 Å². The minimum Gasteiger partial charge on any atom is -0.207 e. The van der Waals surface area contributed by atoms with E-state index in [2.05, 4.69) is 0 Å². The van der Waals surface area contributed by atoms with Crippen molar-refractivity contribution in [3.05, 3.63) is 35.1 Å². The number of rotatable bonds is 1. The molecule has 0 bridgehead atoms. The van der Waals surface area contributed by atoms with E-state index in [9.17, 15) is 13.2 Å². The lowest BCUT2D eigenvalue weighted by Crippen LogP contribution is -2.16. The van der Waals surface area contributed by atoms with E-state index in [-0.39, 0.29) is 5.56 Å². The Balaban J connectivity index is 3.26. The molecule has 0 N–H and O–H groups in total. The molecule has 0 saturated carbocycles. The van der Waals surface area contributed by atoms with Gasteiger partial charge in [0.05, 0.1) is 5.38 Å². The first-order valence-electron chi connectivity index (χ1n) is 4.52. The third-order valence-corrected chi connectivity index (χ3v) is 2.93. The molecule has 1 rings (SSSR count). The van der Waals surface area contributed by atoms with Crippen LogP contribution in [-0.2, 0) is 0 Å². The van der Waals surface area contributed by atoms with E-state index in [1.54, 1.807) is 20.8 Å². The molecule has 0 aliphatic rings. The summed E-state index contributed by atoms with van der Waals surface area (Å²) >= 11 is 5.94. The van der Waals surface area contributed by atoms with Gasteiger partial charge in [-0.15, -0.1) is 11.6 Å². The number of hydrogen-bond acceptors (Lipinski definition) is 0. The molecule has 1 aromatic rings. The predicted molar refractivity (Wildman–Crippen MR) is 54.4 cm³/mol. The summed E-state index contributed by atoms with van der Waals surface area (Å²) in [5.74, 6) is -2.82. The first-order valence-corrected chi connectivity index (χ1v) is 4.95. The maximum atomic E-state index is 13.3. The van der Waals surface area contributed by atoms with Gasteiger partial charge < -0.3 is 0 Å². The van der Waals surface area contributed by atoms with E-state index in [1.807, 2.05) is 0 Å². The standard InChI is InChI=1S/C11H12ClF3/c1-11(2,3)10(12)9-7(14)4-6(13)5-8(9)15/h4-5,10H,1-3H3. The molecular weight excluding hydrogens is 225 g/mol. The minimum absolute atomic E-state index is 0.273. The lowest BCUT2D eigenvalue weighted by atomic mass is 9.87. The summed E-state index contributed by atoms with van der Waals surface area (Å²) < 4.78 is 39.3. The van der Waals surface area contributed by atoms with E-state index in [4.69, 9.17) is 11.6 Å². The Morgan fingerprint density at radius 1 is 1.07 bits per heavy atom. The predicted octanol–water partition coefficient (Wildman–Crippen LogP) is 4.43. The van der Waals surface area contributed by atoms with Crippen molar-refractivity contribution in [3.63, 3.8) is 0 Å². The van der Waals surface area contributed by atoms with Crippen LogP contribution >= 0.6 is 11.6 Å². The summed E-state index contributed by atoms with van der Waals surface area (Å²) in [5, 5.41) is -0.835. The van der Waals surface area contributed by atoms with Crippen molar-refractivity contribution in [2.45, 2.75) is 26.1 Å². The smallest absolute Gasteiger partial charge is 0.133 e. The Labute approximate surface area is 92.1 Å². The Hall–Kier alpha value is -0.700. The topological polar surface area (TPSA) is 0 Å². The second kappa shape index (κ2) is 4.05. The van der Waals surface area contributed by atoms with Gasteiger partial charge in [-0.25, -0.2) is 13.2 Å². The Morgan fingerprint density at radius 3 is 1.80 bits per heavy atom. The average Bonchev–Trinajstić information content (AvgIpc) is 1.99. The number of halogens is 4. The second-order valence-corrected chi connectivity index (χ2v) is 4.95. The van der Waals surface area contributed by atoms with Crippen LogP contribution in [0.1, 0.15) is 31.7 Å². The zero-order valence-electron chi connectivity index (χ0n) is 8.74. The summed E-state index contributed by atoms with van der Waals surface area (Å²) in [4.78, 5) is 0. The molecule has 0 spiro atoms. The quantitative estimate of drug-likeness (QED) is 0.633. The molecule has 0 saturated heterocycles. The van der Waals surface area contributed by atoms with Gasteiger partial charge in [0.1, 0.15) is 17.5 Å². The molecule has 1 unspecified atom stereocenters. The number of benzene rings is 1. The maximum absolute atomic E-state index is 13.3. The summed E-state index contributed by atoms with van der Waals surface area (Å²) in [7, 11) is 0. The van der Waals surface area contributed by atoms with E-state index in [0.29, 0.717) is 12.1 Å². The van der Waals surface area contributed by atoms with Gasteiger partial charge >= 0.3 is 0 Å². The highest BCUT2D eigenvalue weighted by Gasteiger charge is 2.29. The van der Waals surface area contributed by atoms with Crippen molar-refractivity contribution in [3.8, 4) is 0 Å². The van der Waals surface area contributed by atoms with Gasteiger partial charge in [-0.1, -0.05) is 20.8 Å². The first kappa shape index (κ1) is 12.4. The summed E-state index contributed by atoms with van der Waals surface area (Å²) in [6.45, 7) is 5.27. The SMILES string of the molecule is CC(C)(C)C(Cl)c1c(F)cc(F)cc1F. The van der Waals surface area contributed by atoms with Gasteiger partial charge in [0.2, 0.25) is 0 Å².